The molecular weight excluding hydrogens is 422 g/mol. The van der Waals surface area contributed by atoms with Gasteiger partial charge in [0.05, 0.1) is 6.61 Å². The molecule has 0 radical (unpaired) electrons. The first kappa shape index (κ1) is 23.2. The average Bonchev–Trinajstić information content (AvgIpc) is 2.85. The third-order valence-electron chi connectivity index (χ3n) is 6.32. The molecule has 2 fully saturated rings. The number of hydrogen-bond acceptors (Lipinski definition) is 7. The predicted molar refractivity (Wildman–Crippen MR) is 124 cm³/mol. The number of carbonyl (C=O) groups excluding carboxylic acids is 1. The maximum Gasteiger partial charge on any atom is 0.262 e. The average molecular weight is 452 g/mol. The second-order valence-electron chi connectivity index (χ2n) is 8.64. The van der Waals surface area contributed by atoms with Crippen LogP contribution in [0.1, 0.15) is 24.8 Å². The SMILES string of the molecule is N#C/C(=C\c1ccc2cc(N3CCCCC3)ccc2c1)C(=O)NC[C@H]1OC[C@H](O)[C@@H](O)[C@@H]1O. The molecule has 8 heteroatoms. The summed E-state index contributed by atoms with van der Waals surface area (Å²) in [5, 5.41) is 43.4. The van der Waals surface area contributed by atoms with Crippen LogP contribution in [-0.4, -0.2) is 71.9 Å². The van der Waals surface area contributed by atoms with Crippen LogP contribution in [0.5, 0.6) is 0 Å². The van der Waals surface area contributed by atoms with Crippen LogP contribution in [0.2, 0.25) is 0 Å². The smallest absolute Gasteiger partial charge is 0.262 e. The van der Waals surface area contributed by atoms with Crippen LogP contribution in [0, 0.1) is 11.3 Å². The van der Waals surface area contributed by atoms with E-state index in [-0.39, 0.29) is 18.7 Å². The second-order valence-corrected chi connectivity index (χ2v) is 8.64. The normalized spacial score (nSPS) is 26.1. The Bertz CT molecular complexity index is 1070. The predicted octanol–water partition coefficient (Wildman–Crippen LogP) is 1.33. The molecule has 174 valence electrons. The van der Waals surface area contributed by atoms with E-state index >= 15 is 0 Å². The fourth-order valence-corrected chi connectivity index (χ4v) is 4.34. The van der Waals surface area contributed by atoms with Gasteiger partial charge in [-0.15, -0.1) is 0 Å². The monoisotopic (exact) mass is 451 g/mol. The van der Waals surface area contributed by atoms with Crippen molar-refractivity contribution in [3.8, 4) is 6.07 Å². The lowest BCUT2D eigenvalue weighted by Gasteiger charge is -2.35. The zero-order chi connectivity index (χ0) is 23.4. The first-order valence-electron chi connectivity index (χ1n) is 11.3. The Hall–Kier alpha value is -2.96. The van der Waals surface area contributed by atoms with Crippen molar-refractivity contribution in [2.45, 2.75) is 43.7 Å². The van der Waals surface area contributed by atoms with Crippen molar-refractivity contribution in [3.05, 3.63) is 47.5 Å². The Kier molecular flexibility index (Phi) is 7.26. The van der Waals surface area contributed by atoms with Gasteiger partial charge in [-0.25, -0.2) is 0 Å². The lowest BCUT2D eigenvalue weighted by molar-refractivity contribution is -0.185. The Labute approximate surface area is 192 Å². The molecule has 2 aromatic carbocycles. The van der Waals surface area contributed by atoms with Gasteiger partial charge in [0.1, 0.15) is 36.1 Å². The Balaban J connectivity index is 1.44. The highest BCUT2D eigenvalue weighted by Crippen LogP contribution is 2.26. The van der Waals surface area contributed by atoms with Gasteiger partial charge in [-0.05, 0) is 59.9 Å². The van der Waals surface area contributed by atoms with E-state index in [4.69, 9.17) is 4.74 Å². The van der Waals surface area contributed by atoms with Gasteiger partial charge in [-0.2, -0.15) is 5.26 Å². The lowest BCUT2D eigenvalue weighted by atomic mass is 10.00. The molecule has 4 rings (SSSR count). The molecule has 0 aliphatic carbocycles. The molecule has 2 aromatic rings. The van der Waals surface area contributed by atoms with Gasteiger partial charge >= 0.3 is 0 Å². The first-order valence-corrected chi connectivity index (χ1v) is 11.3. The second kappa shape index (κ2) is 10.3. The van der Waals surface area contributed by atoms with E-state index in [1.807, 2.05) is 24.3 Å². The molecule has 2 aliphatic heterocycles. The number of hydrogen-bond donors (Lipinski definition) is 4. The summed E-state index contributed by atoms with van der Waals surface area (Å²) in [6.07, 6.45) is 0.508. The van der Waals surface area contributed by atoms with Crippen molar-refractivity contribution in [2.75, 3.05) is 31.1 Å². The number of ether oxygens (including phenoxy) is 1. The molecule has 1 amide bonds. The number of amides is 1. The maximum atomic E-state index is 12.5. The van der Waals surface area contributed by atoms with Crippen LogP contribution in [0.4, 0.5) is 5.69 Å². The molecular formula is C25H29N3O5. The van der Waals surface area contributed by atoms with Gasteiger partial charge in [0.2, 0.25) is 0 Å². The van der Waals surface area contributed by atoms with Gasteiger partial charge in [-0.3, -0.25) is 4.79 Å². The van der Waals surface area contributed by atoms with Gasteiger partial charge < -0.3 is 30.3 Å². The third kappa shape index (κ3) is 5.34. The number of nitrogens with zero attached hydrogens (tertiary/aromatic N) is 2. The number of nitrogens with one attached hydrogen (secondary N) is 1. The Morgan fingerprint density at radius 2 is 1.82 bits per heavy atom. The zero-order valence-electron chi connectivity index (χ0n) is 18.4. The van der Waals surface area contributed by atoms with Crippen molar-refractivity contribution in [1.82, 2.24) is 5.32 Å². The highest BCUT2D eigenvalue weighted by Gasteiger charge is 2.37. The van der Waals surface area contributed by atoms with Crippen LogP contribution >= 0.6 is 0 Å². The van der Waals surface area contributed by atoms with E-state index in [1.54, 1.807) is 0 Å². The summed E-state index contributed by atoms with van der Waals surface area (Å²) in [4.78, 5) is 14.9. The standard InChI is InChI=1S/C25H29N3O5/c26-13-19(25(32)27-14-22-24(31)23(30)21(29)15-33-22)11-16-4-5-18-12-20(7-6-17(18)10-16)28-8-2-1-3-9-28/h4-7,10-12,21-24,29-31H,1-3,8-9,14-15H2,(H,27,32)/b19-11+/t21-,22+,23+,24+/m0/s1. The zero-order valence-corrected chi connectivity index (χ0v) is 18.4. The molecule has 8 nitrogen and oxygen atoms in total. The summed E-state index contributed by atoms with van der Waals surface area (Å²) < 4.78 is 5.28. The molecule has 2 heterocycles. The lowest BCUT2D eigenvalue weighted by Crippen LogP contribution is -2.56. The van der Waals surface area contributed by atoms with Crippen LogP contribution in [-0.2, 0) is 9.53 Å². The number of anilines is 1. The minimum Gasteiger partial charge on any atom is -0.388 e. The van der Waals surface area contributed by atoms with E-state index in [2.05, 4.69) is 28.4 Å². The number of carbonyl (C=O) groups is 1. The van der Waals surface area contributed by atoms with Crippen LogP contribution in [0.3, 0.4) is 0 Å². The summed E-state index contributed by atoms with van der Waals surface area (Å²) in [7, 11) is 0. The molecule has 0 bridgehead atoms. The van der Waals surface area contributed by atoms with E-state index < -0.39 is 30.3 Å². The first-order chi connectivity index (χ1) is 16.0. The number of fused-ring (bicyclic) bond motifs is 1. The van der Waals surface area contributed by atoms with Crippen molar-refractivity contribution in [1.29, 1.82) is 5.26 Å². The summed E-state index contributed by atoms with van der Waals surface area (Å²) in [6, 6.07) is 14.1. The summed E-state index contributed by atoms with van der Waals surface area (Å²) in [5.41, 5.74) is 1.87. The van der Waals surface area contributed by atoms with Crippen molar-refractivity contribution in [2.24, 2.45) is 0 Å². The van der Waals surface area contributed by atoms with Crippen LogP contribution in [0.15, 0.2) is 42.0 Å². The molecule has 0 spiro atoms. The number of benzene rings is 2. The van der Waals surface area contributed by atoms with Gasteiger partial charge in [0.15, 0.2) is 0 Å². The van der Waals surface area contributed by atoms with E-state index in [0.717, 1.165) is 29.4 Å². The molecule has 4 atom stereocenters. The highest BCUT2D eigenvalue weighted by atomic mass is 16.5. The number of rotatable bonds is 5. The van der Waals surface area contributed by atoms with Gasteiger partial charge in [0, 0.05) is 25.3 Å². The number of aliphatic hydroxyl groups excluding tert-OH is 3. The van der Waals surface area contributed by atoms with Crippen LogP contribution < -0.4 is 10.2 Å². The number of piperidine rings is 1. The molecule has 0 unspecified atom stereocenters. The van der Waals surface area contributed by atoms with Crippen LogP contribution in [0.25, 0.3) is 16.8 Å². The molecule has 0 aromatic heterocycles. The van der Waals surface area contributed by atoms with Crippen molar-refractivity contribution < 1.29 is 24.9 Å². The largest absolute Gasteiger partial charge is 0.388 e. The molecule has 2 aliphatic rings. The van der Waals surface area contributed by atoms with E-state index in [0.29, 0.717) is 0 Å². The minimum absolute atomic E-state index is 0.0785. The summed E-state index contributed by atoms with van der Waals surface area (Å²) in [5.74, 6) is -0.602. The summed E-state index contributed by atoms with van der Waals surface area (Å²) >= 11 is 0. The number of aliphatic hydroxyl groups is 3. The topological polar surface area (TPSA) is 126 Å². The summed E-state index contributed by atoms with van der Waals surface area (Å²) in [6.45, 7) is 1.92. The van der Waals surface area contributed by atoms with E-state index in [9.17, 15) is 25.4 Å². The Morgan fingerprint density at radius 3 is 2.58 bits per heavy atom. The molecule has 2 saturated heterocycles. The van der Waals surface area contributed by atoms with Gasteiger partial charge in [0.25, 0.3) is 5.91 Å². The van der Waals surface area contributed by atoms with E-state index in [1.165, 1.54) is 31.0 Å². The molecule has 0 saturated carbocycles. The van der Waals surface area contributed by atoms with Crippen molar-refractivity contribution >= 4 is 28.4 Å². The molecule has 4 N–H and O–H groups in total. The Morgan fingerprint density at radius 1 is 1.09 bits per heavy atom. The minimum atomic E-state index is -1.35. The van der Waals surface area contributed by atoms with Crippen molar-refractivity contribution in [3.63, 3.8) is 0 Å². The number of nitriles is 1. The highest BCUT2D eigenvalue weighted by molar-refractivity contribution is 6.02. The fourth-order valence-electron chi connectivity index (χ4n) is 4.34. The molecule has 33 heavy (non-hydrogen) atoms. The maximum absolute atomic E-state index is 12.5. The fraction of sp³-hybridized carbons (Fsp3) is 0.440. The van der Waals surface area contributed by atoms with Gasteiger partial charge in [-0.1, -0.05) is 18.2 Å². The third-order valence-corrected chi connectivity index (χ3v) is 6.32. The quantitative estimate of drug-likeness (QED) is 0.399.